The van der Waals surface area contributed by atoms with Crippen LogP contribution in [-0.2, 0) is 4.79 Å². The fourth-order valence-electron chi connectivity index (χ4n) is 2.36. The number of hydrogen-bond acceptors (Lipinski definition) is 2. The largest absolute Gasteiger partial charge is 0.394 e. The summed E-state index contributed by atoms with van der Waals surface area (Å²) in [5.74, 6) is -0.615. The van der Waals surface area contributed by atoms with Crippen LogP contribution in [0.1, 0.15) is 24.8 Å². The van der Waals surface area contributed by atoms with Crippen molar-refractivity contribution in [2.75, 3.05) is 13.2 Å². The molecule has 0 aromatic heterocycles. The van der Waals surface area contributed by atoms with Crippen molar-refractivity contribution in [2.24, 2.45) is 0 Å². The second kappa shape index (κ2) is 6.86. The molecule has 0 bridgehead atoms. The first-order chi connectivity index (χ1) is 9.61. The van der Waals surface area contributed by atoms with E-state index < -0.39 is 5.82 Å². The van der Waals surface area contributed by atoms with Gasteiger partial charge in [-0.1, -0.05) is 17.7 Å². The zero-order chi connectivity index (χ0) is 14.5. The van der Waals surface area contributed by atoms with E-state index in [1.807, 2.05) is 0 Å². The molecule has 0 aliphatic carbocycles. The Kier molecular flexibility index (Phi) is 5.15. The molecule has 108 valence electrons. The normalized spacial score (nSPS) is 19.6. The van der Waals surface area contributed by atoms with Gasteiger partial charge in [0.05, 0.1) is 17.7 Å². The molecule has 0 spiro atoms. The SMILES string of the molecule is O=C(/C=C/c1ccc(F)c(Cl)c1)N1CCCCC1CO. The van der Waals surface area contributed by atoms with E-state index in [1.165, 1.54) is 18.2 Å². The van der Waals surface area contributed by atoms with Crippen LogP contribution in [0.2, 0.25) is 5.02 Å². The summed E-state index contributed by atoms with van der Waals surface area (Å²) in [5.41, 5.74) is 0.669. The van der Waals surface area contributed by atoms with Crippen LogP contribution >= 0.6 is 11.6 Å². The van der Waals surface area contributed by atoms with E-state index in [4.69, 9.17) is 11.6 Å². The lowest BCUT2D eigenvalue weighted by atomic mass is 10.0. The number of nitrogens with zero attached hydrogens (tertiary/aromatic N) is 1. The molecule has 3 nitrogen and oxygen atoms in total. The van der Waals surface area contributed by atoms with Crippen molar-refractivity contribution < 1.29 is 14.3 Å². The number of aliphatic hydroxyl groups is 1. The summed E-state index contributed by atoms with van der Waals surface area (Å²) in [6.07, 6.45) is 5.87. The molecule has 1 aromatic carbocycles. The third kappa shape index (κ3) is 3.58. The summed E-state index contributed by atoms with van der Waals surface area (Å²) in [6, 6.07) is 4.20. The molecule has 2 rings (SSSR count). The summed E-state index contributed by atoms with van der Waals surface area (Å²) in [5, 5.41) is 9.32. The van der Waals surface area contributed by atoms with E-state index >= 15 is 0 Å². The first-order valence-corrected chi connectivity index (χ1v) is 7.04. The number of likely N-dealkylation sites (tertiary alicyclic amines) is 1. The second-order valence-electron chi connectivity index (χ2n) is 4.87. The maximum atomic E-state index is 13.0. The summed E-state index contributed by atoms with van der Waals surface area (Å²) < 4.78 is 13.0. The lowest BCUT2D eigenvalue weighted by Crippen LogP contribution is -2.44. The highest BCUT2D eigenvalue weighted by Crippen LogP contribution is 2.19. The Balaban J connectivity index is 2.05. The Morgan fingerprint density at radius 2 is 2.30 bits per heavy atom. The molecule has 1 amide bonds. The minimum atomic E-state index is -0.480. The summed E-state index contributed by atoms with van der Waals surface area (Å²) >= 11 is 5.69. The highest BCUT2D eigenvalue weighted by molar-refractivity contribution is 6.30. The summed E-state index contributed by atoms with van der Waals surface area (Å²) in [6.45, 7) is 0.653. The molecule has 0 saturated carbocycles. The Bertz CT molecular complexity index is 519. The van der Waals surface area contributed by atoms with Crippen LogP contribution in [0, 0.1) is 5.82 Å². The van der Waals surface area contributed by atoms with Crippen LogP contribution in [0.4, 0.5) is 4.39 Å². The third-order valence-electron chi connectivity index (χ3n) is 3.48. The quantitative estimate of drug-likeness (QED) is 0.872. The Morgan fingerprint density at radius 3 is 3.00 bits per heavy atom. The topological polar surface area (TPSA) is 40.5 Å². The smallest absolute Gasteiger partial charge is 0.246 e. The van der Waals surface area contributed by atoms with E-state index in [-0.39, 0.29) is 23.6 Å². The number of carbonyl (C=O) groups excluding carboxylic acids is 1. The Morgan fingerprint density at radius 1 is 1.50 bits per heavy atom. The predicted molar refractivity (Wildman–Crippen MR) is 76.9 cm³/mol. The van der Waals surface area contributed by atoms with Gasteiger partial charge in [0.25, 0.3) is 0 Å². The Hall–Kier alpha value is -1.39. The molecule has 1 unspecified atom stereocenters. The fourth-order valence-corrected chi connectivity index (χ4v) is 2.55. The van der Waals surface area contributed by atoms with Crippen molar-refractivity contribution >= 4 is 23.6 Å². The van der Waals surface area contributed by atoms with Gasteiger partial charge in [-0.25, -0.2) is 4.39 Å². The minimum absolute atomic E-state index is 0.0119. The van der Waals surface area contributed by atoms with Gasteiger partial charge in [-0.05, 0) is 43.0 Å². The molecular formula is C15H17ClFNO2. The maximum absolute atomic E-state index is 13.0. The lowest BCUT2D eigenvalue weighted by molar-refractivity contribution is -0.130. The molecule has 1 saturated heterocycles. The van der Waals surface area contributed by atoms with Gasteiger partial charge in [0.15, 0.2) is 0 Å². The number of carbonyl (C=O) groups is 1. The third-order valence-corrected chi connectivity index (χ3v) is 3.77. The molecule has 1 N–H and O–H groups in total. The number of amides is 1. The van der Waals surface area contributed by atoms with Gasteiger partial charge in [-0.2, -0.15) is 0 Å². The standard InChI is InChI=1S/C15H17ClFNO2/c16-13-9-11(4-6-14(13)17)5-7-15(20)18-8-2-1-3-12(18)10-19/h4-7,9,12,19H,1-3,8,10H2/b7-5+. The van der Waals surface area contributed by atoms with Gasteiger partial charge in [0.1, 0.15) is 5.82 Å². The van der Waals surface area contributed by atoms with Crippen molar-refractivity contribution in [1.82, 2.24) is 4.90 Å². The summed E-state index contributed by atoms with van der Waals surface area (Å²) in [4.78, 5) is 13.8. The van der Waals surface area contributed by atoms with Crippen molar-refractivity contribution in [2.45, 2.75) is 25.3 Å². The van der Waals surface area contributed by atoms with Crippen molar-refractivity contribution in [3.05, 3.63) is 40.7 Å². The number of halogens is 2. The average Bonchev–Trinajstić information content (AvgIpc) is 2.48. The number of benzene rings is 1. The molecular weight excluding hydrogens is 281 g/mol. The van der Waals surface area contributed by atoms with Gasteiger partial charge in [0.2, 0.25) is 5.91 Å². The zero-order valence-electron chi connectivity index (χ0n) is 11.1. The lowest BCUT2D eigenvalue weighted by Gasteiger charge is -2.33. The fraction of sp³-hybridized carbons (Fsp3) is 0.400. The van der Waals surface area contributed by atoms with E-state index in [0.717, 1.165) is 19.3 Å². The molecule has 1 atom stereocenters. The molecule has 20 heavy (non-hydrogen) atoms. The second-order valence-corrected chi connectivity index (χ2v) is 5.28. The molecule has 1 aromatic rings. The van der Waals surface area contributed by atoms with Crippen LogP contribution in [0.25, 0.3) is 6.08 Å². The molecule has 1 heterocycles. The van der Waals surface area contributed by atoms with Crippen molar-refractivity contribution in [3.8, 4) is 0 Å². The van der Waals surface area contributed by atoms with Crippen molar-refractivity contribution in [3.63, 3.8) is 0 Å². The van der Waals surface area contributed by atoms with Crippen LogP contribution in [-0.4, -0.2) is 35.1 Å². The highest BCUT2D eigenvalue weighted by atomic mass is 35.5. The molecule has 1 aliphatic rings. The van der Waals surface area contributed by atoms with E-state index in [1.54, 1.807) is 17.0 Å². The first-order valence-electron chi connectivity index (χ1n) is 6.66. The van der Waals surface area contributed by atoms with Crippen LogP contribution < -0.4 is 0 Å². The Labute approximate surface area is 122 Å². The van der Waals surface area contributed by atoms with E-state index in [2.05, 4.69) is 0 Å². The minimum Gasteiger partial charge on any atom is -0.394 e. The number of aliphatic hydroxyl groups excluding tert-OH is 1. The van der Waals surface area contributed by atoms with E-state index in [9.17, 15) is 14.3 Å². The van der Waals surface area contributed by atoms with Gasteiger partial charge in [-0.3, -0.25) is 4.79 Å². The first kappa shape index (κ1) is 15.0. The predicted octanol–water partition coefficient (Wildman–Crippen LogP) is 2.87. The highest BCUT2D eigenvalue weighted by Gasteiger charge is 2.24. The molecule has 0 radical (unpaired) electrons. The van der Waals surface area contributed by atoms with Gasteiger partial charge >= 0.3 is 0 Å². The van der Waals surface area contributed by atoms with Gasteiger partial charge in [-0.15, -0.1) is 0 Å². The van der Waals surface area contributed by atoms with Crippen molar-refractivity contribution in [1.29, 1.82) is 0 Å². The number of hydrogen-bond donors (Lipinski definition) is 1. The molecule has 1 fully saturated rings. The van der Waals surface area contributed by atoms with Crippen LogP contribution in [0.3, 0.4) is 0 Å². The zero-order valence-corrected chi connectivity index (χ0v) is 11.8. The summed E-state index contributed by atoms with van der Waals surface area (Å²) in [7, 11) is 0. The molecule has 5 heteroatoms. The number of rotatable bonds is 3. The monoisotopic (exact) mass is 297 g/mol. The van der Waals surface area contributed by atoms with Gasteiger partial charge < -0.3 is 10.0 Å². The van der Waals surface area contributed by atoms with Gasteiger partial charge in [0, 0.05) is 12.6 Å². The average molecular weight is 298 g/mol. The van der Waals surface area contributed by atoms with Crippen LogP contribution in [0.5, 0.6) is 0 Å². The maximum Gasteiger partial charge on any atom is 0.246 e. The number of piperidine rings is 1. The van der Waals surface area contributed by atoms with E-state index in [0.29, 0.717) is 12.1 Å². The van der Waals surface area contributed by atoms with Crippen LogP contribution in [0.15, 0.2) is 24.3 Å². The molecule has 1 aliphatic heterocycles.